The molecule has 0 saturated heterocycles. The molecular formula is C19H21NO4S. The number of carbonyl (C=O) groups is 2. The second-order valence-corrected chi connectivity index (χ2v) is 7.05. The normalized spacial score (nSPS) is 12.6. The predicted molar refractivity (Wildman–Crippen MR) is 97.6 cm³/mol. The van der Waals surface area contributed by atoms with Crippen molar-refractivity contribution in [2.24, 2.45) is 0 Å². The third kappa shape index (κ3) is 3.85. The van der Waals surface area contributed by atoms with Gasteiger partial charge in [-0.1, -0.05) is 12.1 Å². The average molecular weight is 359 g/mol. The second kappa shape index (κ2) is 7.70. The van der Waals surface area contributed by atoms with Crippen molar-refractivity contribution in [3.05, 3.63) is 45.8 Å². The van der Waals surface area contributed by atoms with Crippen LogP contribution in [-0.4, -0.2) is 26.1 Å². The van der Waals surface area contributed by atoms with E-state index >= 15 is 0 Å². The Morgan fingerprint density at radius 2 is 1.92 bits per heavy atom. The fraction of sp³-hybridized carbons (Fsp3) is 0.368. The number of rotatable bonds is 6. The highest BCUT2D eigenvalue weighted by atomic mass is 32.1. The fourth-order valence-electron chi connectivity index (χ4n) is 3.05. The van der Waals surface area contributed by atoms with E-state index in [-0.39, 0.29) is 11.9 Å². The molecule has 6 heteroatoms. The number of esters is 1. The SMILES string of the molecule is COC(=O)c1c(NC(=O)CCc2ccc(OC)cc2)sc2c1CCC2. The molecule has 25 heavy (non-hydrogen) atoms. The first-order valence-corrected chi connectivity index (χ1v) is 9.09. The lowest BCUT2D eigenvalue weighted by Crippen LogP contribution is -2.15. The summed E-state index contributed by atoms with van der Waals surface area (Å²) in [6, 6.07) is 7.66. The zero-order chi connectivity index (χ0) is 17.8. The van der Waals surface area contributed by atoms with Crippen LogP contribution in [0.15, 0.2) is 24.3 Å². The van der Waals surface area contributed by atoms with Gasteiger partial charge in [-0.15, -0.1) is 11.3 Å². The van der Waals surface area contributed by atoms with Gasteiger partial charge in [0, 0.05) is 11.3 Å². The summed E-state index contributed by atoms with van der Waals surface area (Å²) in [4.78, 5) is 25.6. The molecule has 1 N–H and O–H groups in total. The zero-order valence-corrected chi connectivity index (χ0v) is 15.2. The molecule has 1 heterocycles. The second-order valence-electron chi connectivity index (χ2n) is 5.95. The Kier molecular flexibility index (Phi) is 5.38. The molecule has 1 aromatic carbocycles. The highest BCUT2D eigenvalue weighted by Gasteiger charge is 2.27. The summed E-state index contributed by atoms with van der Waals surface area (Å²) in [5.41, 5.74) is 2.65. The first kappa shape index (κ1) is 17.5. The van der Waals surface area contributed by atoms with Crippen molar-refractivity contribution in [1.29, 1.82) is 0 Å². The van der Waals surface area contributed by atoms with E-state index in [0.717, 1.165) is 36.1 Å². The van der Waals surface area contributed by atoms with Crippen LogP contribution < -0.4 is 10.1 Å². The smallest absolute Gasteiger partial charge is 0.341 e. The molecule has 0 atom stereocenters. The number of thiophene rings is 1. The molecule has 0 spiro atoms. The van der Waals surface area contributed by atoms with Crippen molar-refractivity contribution in [1.82, 2.24) is 0 Å². The summed E-state index contributed by atoms with van der Waals surface area (Å²) in [6.45, 7) is 0. The van der Waals surface area contributed by atoms with Gasteiger partial charge in [-0.25, -0.2) is 4.79 Å². The van der Waals surface area contributed by atoms with Crippen LogP contribution in [0.4, 0.5) is 5.00 Å². The van der Waals surface area contributed by atoms with Gasteiger partial charge in [-0.2, -0.15) is 0 Å². The Balaban J connectivity index is 1.65. The Hall–Kier alpha value is -2.34. The number of anilines is 1. The van der Waals surface area contributed by atoms with E-state index in [1.165, 1.54) is 23.3 Å². The highest BCUT2D eigenvalue weighted by Crippen LogP contribution is 2.39. The molecule has 1 amide bonds. The molecule has 1 aliphatic rings. The third-order valence-corrected chi connectivity index (χ3v) is 5.57. The van der Waals surface area contributed by atoms with E-state index in [0.29, 0.717) is 23.4 Å². The minimum absolute atomic E-state index is 0.0964. The van der Waals surface area contributed by atoms with Gasteiger partial charge in [0.25, 0.3) is 0 Å². The maximum Gasteiger partial charge on any atom is 0.341 e. The maximum atomic E-state index is 12.3. The molecule has 2 aromatic rings. The maximum absolute atomic E-state index is 12.3. The molecule has 0 radical (unpaired) electrons. The summed E-state index contributed by atoms with van der Waals surface area (Å²) in [5.74, 6) is 0.328. The molecule has 132 valence electrons. The topological polar surface area (TPSA) is 64.6 Å². The zero-order valence-electron chi connectivity index (χ0n) is 14.4. The lowest BCUT2D eigenvalue weighted by molar-refractivity contribution is -0.116. The van der Waals surface area contributed by atoms with E-state index in [1.807, 2.05) is 24.3 Å². The van der Waals surface area contributed by atoms with E-state index < -0.39 is 0 Å². The average Bonchev–Trinajstić information content (AvgIpc) is 3.20. The van der Waals surface area contributed by atoms with Crippen LogP contribution in [0, 0.1) is 0 Å². The van der Waals surface area contributed by atoms with Crippen molar-refractivity contribution in [3.63, 3.8) is 0 Å². The van der Waals surface area contributed by atoms with E-state index in [9.17, 15) is 9.59 Å². The summed E-state index contributed by atoms with van der Waals surface area (Å²) >= 11 is 1.50. The van der Waals surface area contributed by atoms with Crippen molar-refractivity contribution in [3.8, 4) is 5.75 Å². The number of carbonyl (C=O) groups excluding carboxylic acids is 2. The molecule has 0 saturated carbocycles. The third-order valence-electron chi connectivity index (χ3n) is 4.36. The van der Waals surface area contributed by atoms with Crippen LogP contribution in [0.3, 0.4) is 0 Å². The minimum Gasteiger partial charge on any atom is -0.497 e. The van der Waals surface area contributed by atoms with Crippen molar-refractivity contribution in [2.45, 2.75) is 32.1 Å². The van der Waals surface area contributed by atoms with Crippen LogP contribution in [0.25, 0.3) is 0 Å². The van der Waals surface area contributed by atoms with Crippen molar-refractivity contribution >= 4 is 28.2 Å². The van der Waals surface area contributed by atoms with Gasteiger partial charge in [-0.05, 0) is 48.9 Å². The largest absolute Gasteiger partial charge is 0.497 e. The fourth-order valence-corrected chi connectivity index (χ4v) is 4.34. The molecule has 5 nitrogen and oxygen atoms in total. The Bertz CT molecular complexity index is 779. The summed E-state index contributed by atoms with van der Waals surface area (Å²) in [7, 11) is 3.00. The first-order valence-electron chi connectivity index (χ1n) is 8.28. The Morgan fingerprint density at radius 1 is 1.16 bits per heavy atom. The van der Waals surface area contributed by atoms with Gasteiger partial charge in [-0.3, -0.25) is 4.79 Å². The van der Waals surface area contributed by atoms with Gasteiger partial charge in [0.2, 0.25) is 5.91 Å². The van der Waals surface area contributed by atoms with Gasteiger partial charge < -0.3 is 14.8 Å². The van der Waals surface area contributed by atoms with E-state index in [2.05, 4.69) is 5.32 Å². The number of hydrogen-bond donors (Lipinski definition) is 1. The Morgan fingerprint density at radius 3 is 2.60 bits per heavy atom. The van der Waals surface area contributed by atoms with Crippen molar-refractivity contribution < 1.29 is 19.1 Å². The molecule has 0 bridgehead atoms. The number of fused-ring (bicyclic) bond motifs is 1. The summed E-state index contributed by atoms with van der Waals surface area (Å²) in [5, 5.41) is 3.52. The predicted octanol–water partition coefficient (Wildman–Crippen LogP) is 3.60. The van der Waals surface area contributed by atoms with Gasteiger partial charge in [0.05, 0.1) is 19.8 Å². The monoisotopic (exact) mass is 359 g/mol. The van der Waals surface area contributed by atoms with E-state index in [1.54, 1.807) is 7.11 Å². The quantitative estimate of drug-likeness (QED) is 0.801. The number of amides is 1. The minimum atomic E-state index is -0.371. The summed E-state index contributed by atoms with van der Waals surface area (Å²) in [6.07, 6.45) is 3.88. The summed E-state index contributed by atoms with van der Waals surface area (Å²) < 4.78 is 10.0. The molecule has 1 aromatic heterocycles. The number of hydrogen-bond acceptors (Lipinski definition) is 5. The first-order chi connectivity index (χ1) is 12.1. The molecule has 0 aliphatic heterocycles. The lowest BCUT2D eigenvalue weighted by atomic mass is 10.1. The van der Waals surface area contributed by atoms with Gasteiger partial charge >= 0.3 is 5.97 Å². The number of methoxy groups -OCH3 is 2. The molecular weight excluding hydrogens is 338 g/mol. The van der Waals surface area contributed by atoms with Crippen LogP contribution in [-0.2, 0) is 28.8 Å². The van der Waals surface area contributed by atoms with Crippen LogP contribution in [0.1, 0.15) is 39.2 Å². The Labute approximate surface area is 151 Å². The molecule has 0 fully saturated rings. The number of nitrogens with one attached hydrogen (secondary N) is 1. The van der Waals surface area contributed by atoms with Crippen molar-refractivity contribution in [2.75, 3.05) is 19.5 Å². The number of benzene rings is 1. The molecule has 0 unspecified atom stereocenters. The standard InChI is InChI=1S/C19H21NO4S/c1-23-13-9-6-12(7-10-13)8-11-16(21)20-18-17(19(22)24-2)14-4-3-5-15(14)25-18/h6-7,9-10H,3-5,8,11H2,1-2H3,(H,20,21). The van der Waals surface area contributed by atoms with Crippen LogP contribution >= 0.6 is 11.3 Å². The van der Waals surface area contributed by atoms with Gasteiger partial charge in [0.1, 0.15) is 10.8 Å². The lowest BCUT2D eigenvalue weighted by Gasteiger charge is -2.07. The van der Waals surface area contributed by atoms with Gasteiger partial charge in [0.15, 0.2) is 0 Å². The van der Waals surface area contributed by atoms with Crippen LogP contribution in [0.2, 0.25) is 0 Å². The number of aryl methyl sites for hydroxylation is 2. The highest BCUT2D eigenvalue weighted by molar-refractivity contribution is 7.17. The molecule has 1 aliphatic carbocycles. The number of ether oxygens (including phenoxy) is 2. The van der Waals surface area contributed by atoms with E-state index in [4.69, 9.17) is 9.47 Å². The van der Waals surface area contributed by atoms with Crippen LogP contribution in [0.5, 0.6) is 5.75 Å². The molecule has 3 rings (SSSR count).